The van der Waals surface area contributed by atoms with E-state index in [1.165, 1.54) is 0 Å². The van der Waals surface area contributed by atoms with Crippen LogP contribution in [0, 0.1) is 13.8 Å². The molecule has 0 saturated carbocycles. The highest BCUT2D eigenvalue weighted by atomic mass is 16.4. The van der Waals surface area contributed by atoms with Crippen molar-refractivity contribution in [2.45, 2.75) is 33.4 Å². The number of aromatic hydroxyl groups is 1. The van der Waals surface area contributed by atoms with Crippen molar-refractivity contribution in [3.05, 3.63) is 47.2 Å². The number of phenolic OH excluding ortho intramolecular Hbond substituents is 1. The summed E-state index contributed by atoms with van der Waals surface area (Å²) in [6.07, 6.45) is 0. The molecule has 0 bridgehead atoms. The Morgan fingerprint density at radius 3 is 2.78 bits per heavy atom. The molecule has 1 heterocycles. The van der Waals surface area contributed by atoms with Gasteiger partial charge in [-0.2, -0.15) is 0 Å². The molecule has 4 heteroatoms. The van der Waals surface area contributed by atoms with E-state index in [2.05, 4.69) is 10.3 Å². The Hall–Kier alpha value is -1.81. The highest BCUT2D eigenvalue weighted by Crippen LogP contribution is 2.18. The van der Waals surface area contributed by atoms with Crippen molar-refractivity contribution in [2.75, 3.05) is 0 Å². The van der Waals surface area contributed by atoms with Crippen LogP contribution in [0.1, 0.15) is 35.9 Å². The Balaban J connectivity index is 1.98. The van der Waals surface area contributed by atoms with E-state index >= 15 is 0 Å². The van der Waals surface area contributed by atoms with Crippen LogP contribution < -0.4 is 5.32 Å². The summed E-state index contributed by atoms with van der Waals surface area (Å²) in [6, 6.07) is 7.36. The SMILES string of the molecule is Cc1nc(CNC(C)c2cccc(O)c2)oc1C. The van der Waals surface area contributed by atoms with Crippen LogP contribution in [0.25, 0.3) is 0 Å². The average molecular weight is 246 g/mol. The van der Waals surface area contributed by atoms with E-state index in [0.29, 0.717) is 12.4 Å². The monoisotopic (exact) mass is 246 g/mol. The summed E-state index contributed by atoms with van der Waals surface area (Å²) in [7, 11) is 0. The largest absolute Gasteiger partial charge is 0.508 e. The molecule has 0 spiro atoms. The van der Waals surface area contributed by atoms with Crippen molar-refractivity contribution in [3.8, 4) is 5.75 Å². The van der Waals surface area contributed by atoms with Crippen LogP contribution >= 0.6 is 0 Å². The first-order valence-electron chi connectivity index (χ1n) is 6.01. The van der Waals surface area contributed by atoms with E-state index in [-0.39, 0.29) is 11.8 Å². The summed E-state index contributed by atoms with van der Waals surface area (Å²) in [5.41, 5.74) is 1.96. The van der Waals surface area contributed by atoms with Gasteiger partial charge in [0.25, 0.3) is 0 Å². The Bertz CT molecular complexity index is 515. The molecule has 0 radical (unpaired) electrons. The minimum atomic E-state index is 0.129. The lowest BCUT2D eigenvalue weighted by atomic mass is 10.1. The predicted molar refractivity (Wildman–Crippen MR) is 69.3 cm³/mol. The Labute approximate surface area is 107 Å². The topological polar surface area (TPSA) is 58.3 Å². The van der Waals surface area contributed by atoms with E-state index in [4.69, 9.17) is 4.42 Å². The van der Waals surface area contributed by atoms with E-state index in [0.717, 1.165) is 17.0 Å². The summed E-state index contributed by atoms with van der Waals surface area (Å²) in [5, 5.41) is 12.7. The molecule has 18 heavy (non-hydrogen) atoms. The summed E-state index contributed by atoms with van der Waals surface area (Å²) in [5.74, 6) is 1.83. The molecule has 0 aliphatic rings. The fraction of sp³-hybridized carbons (Fsp3) is 0.357. The third-order valence-corrected chi connectivity index (χ3v) is 3.00. The number of rotatable bonds is 4. The van der Waals surface area contributed by atoms with Crippen LogP contribution in [-0.4, -0.2) is 10.1 Å². The Morgan fingerprint density at radius 1 is 1.39 bits per heavy atom. The van der Waals surface area contributed by atoms with Gasteiger partial charge in [-0.05, 0) is 38.5 Å². The van der Waals surface area contributed by atoms with Gasteiger partial charge in [0.1, 0.15) is 11.5 Å². The highest BCUT2D eigenvalue weighted by Gasteiger charge is 2.09. The number of aryl methyl sites for hydroxylation is 2. The highest BCUT2D eigenvalue weighted by molar-refractivity contribution is 5.29. The van der Waals surface area contributed by atoms with Crippen molar-refractivity contribution in [2.24, 2.45) is 0 Å². The number of nitrogens with zero attached hydrogens (tertiary/aromatic N) is 1. The standard InChI is InChI=1S/C14H18N2O2/c1-9-11(3)18-14(16-9)8-15-10(2)12-5-4-6-13(17)7-12/h4-7,10,15,17H,8H2,1-3H3. The van der Waals surface area contributed by atoms with Crippen LogP contribution in [0.3, 0.4) is 0 Å². The Morgan fingerprint density at radius 2 is 2.17 bits per heavy atom. The number of hydrogen-bond acceptors (Lipinski definition) is 4. The van der Waals surface area contributed by atoms with Gasteiger partial charge in [0.2, 0.25) is 5.89 Å². The second kappa shape index (κ2) is 5.23. The van der Waals surface area contributed by atoms with Gasteiger partial charge in [-0.25, -0.2) is 4.98 Å². The first kappa shape index (κ1) is 12.6. The molecule has 0 saturated heterocycles. The van der Waals surface area contributed by atoms with Gasteiger partial charge >= 0.3 is 0 Å². The van der Waals surface area contributed by atoms with E-state index < -0.39 is 0 Å². The van der Waals surface area contributed by atoms with Crippen molar-refractivity contribution in [1.82, 2.24) is 10.3 Å². The molecule has 1 aromatic carbocycles. The van der Waals surface area contributed by atoms with Gasteiger partial charge in [0, 0.05) is 6.04 Å². The molecule has 0 aliphatic heterocycles. The molecule has 0 aliphatic carbocycles. The summed E-state index contributed by atoms with van der Waals surface area (Å²) >= 11 is 0. The molecule has 0 amide bonds. The van der Waals surface area contributed by atoms with Crippen molar-refractivity contribution in [3.63, 3.8) is 0 Å². The van der Waals surface area contributed by atoms with Gasteiger partial charge in [0.05, 0.1) is 12.2 Å². The van der Waals surface area contributed by atoms with Crippen LogP contribution in [-0.2, 0) is 6.54 Å². The van der Waals surface area contributed by atoms with Gasteiger partial charge in [-0.1, -0.05) is 12.1 Å². The lowest BCUT2D eigenvalue weighted by Gasteiger charge is -2.12. The zero-order valence-corrected chi connectivity index (χ0v) is 10.9. The number of benzene rings is 1. The third-order valence-electron chi connectivity index (χ3n) is 3.00. The second-order valence-corrected chi connectivity index (χ2v) is 4.45. The number of hydrogen-bond donors (Lipinski definition) is 2. The zero-order chi connectivity index (χ0) is 13.1. The summed E-state index contributed by atoms with van der Waals surface area (Å²) in [6.45, 7) is 6.45. The average Bonchev–Trinajstić information content (AvgIpc) is 2.66. The van der Waals surface area contributed by atoms with Gasteiger partial charge in [-0.15, -0.1) is 0 Å². The maximum atomic E-state index is 9.43. The maximum Gasteiger partial charge on any atom is 0.208 e. The molecule has 1 aromatic heterocycles. The van der Waals surface area contributed by atoms with E-state index in [1.807, 2.05) is 32.9 Å². The van der Waals surface area contributed by atoms with Gasteiger partial charge in [-0.3, -0.25) is 0 Å². The van der Waals surface area contributed by atoms with E-state index in [1.54, 1.807) is 12.1 Å². The van der Waals surface area contributed by atoms with Crippen LogP contribution in [0.15, 0.2) is 28.7 Å². The first-order valence-corrected chi connectivity index (χ1v) is 6.01. The van der Waals surface area contributed by atoms with Crippen molar-refractivity contribution < 1.29 is 9.52 Å². The van der Waals surface area contributed by atoms with E-state index in [9.17, 15) is 5.11 Å². The molecule has 2 rings (SSSR count). The minimum absolute atomic E-state index is 0.129. The molecule has 0 fully saturated rings. The predicted octanol–water partition coefficient (Wildman–Crippen LogP) is 2.85. The lowest BCUT2D eigenvalue weighted by molar-refractivity contribution is 0.430. The lowest BCUT2D eigenvalue weighted by Crippen LogP contribution is -2.18. The molecular formula is C14H18N2O2. The Kier molecular flexibility index (Phi) is 3.67. The van der Waals surface area contributed by atoms with Crippen LogP contribution in [0.2, 0.25) is 0 Å². The number of phenols is 1. The smallest absolute Gasteiger partial charge is 0.208 e. The molecule has 1 unspecified atom stereocenters. The summed E-state index contributed by atoms with van der Waals surface area (Å²) in [4.78, 5) is 4.31. The molecule has 2 aromatic rings. The zero-order valence-electron chi connectivity index (χ0n) is 10.9. The molecule has 2 N–H and O–H groups in total. The molecule has 1 atom stereocenters. The number of aromatic nitrogens is 1. The number of oxazole rings is 1. The third kappa shape index (κ3) is 2.90. The maximum absolute atomic E-state index is 9.43. The normalized spacial score (nSPS) is 12.6. The molecular weight excluding hydrogens is 228 g/mol. The fourth-order valence-corrected chi connectivity index (χ4v) is 1.77. The fourth-order valence-electron chi connectivity index (χ4n) is 1.77. The van der Waals surface area contributed by atoms with Gasteiger partial charge in [0.15, 0.2) is 0 Å². The van der Waals surface area contributed by atoms with Crippen molar-refractivity contribution in [1.29, 1.82) is 0 Å². The first-order chi connectivity index (χ1) is 8.56. The second-order valence-electron chi connectivity index (χ2n) is 4.45. The van der Waals surface area contributed by atoms with Crippen LogP contribution in [0.5, 0.6) is 5.75 Å². The number of nitrogens with one attached hydrogen (secondary N) is 1. The van der Waals surface area contributed by atoms with Gasteiger partial charge < -0.3 is 14.8 Å². The quantitative estimate of drug-likeness (QED) is 0.871. The molecule has 4 nitrogen and oxygen atoms in total. The van der Waals surface area contributed by atoms with Crippen molar-refractivity contribution >= 4 is 0 Å². The molecule has 96 valence electrons. The summed E-state index contributed by atoms with van der Waals surface area (Å²) < 4.78 is 5.50. The van der Waals surface area contributed by atoms with Crippen LogP contribution in [0.4, 0.5) is 0 Å². The minimum Gasteiger partial charge on any atom is -0.508 e.